The van der Waals surface area contributed by atoms with Gasteiger partial charge in [0.2, 0.25) is 0 Å². The van der Waals surface area contributed by atoms with E-state index in [-0.39, 0.29) is 5.97 Å². The molecule has 0 saturated carbocycles. The molecule has 0 bridgehead atoms. The van der Waals surface area contributed by atoms with E-state index < -0.39 is 0 Å². The van der Waals surface area contributed by atoms with Gasteiger partial charge >= 0.3 is 5.97 Å². The zero-order chi connectivity index (χ0) is 15.4. The number of hydrogen-bond acceptors (Lipinski definition) is 4. The van der Waals surface area contributed by atoms with Crippen molar-refractivity contribution in [3.05, 3.63) is 65.7 Å². The van der Waals surface area contributed by atoms with Gasteiger partial charge in [-0.05, 0) is 30.7 Å². The van der Waals surface area contributed by atoms with Crippen molar-refractivity contribution in [1.29, 1.82) is 0 Å². The lowest BCUT2D eigenvalue weighted by Crippen LogP contribution is -2.07. The van der Waals surface area contributed by atoms with Crippen molar-refractivity contribution < 1.29 is 13.9 Å². The highest BCUT2D eigenvalue weighted by Gasteiger charge is 2.12. The van der Waals surface area contributed by atoms with Gasteiger partial charge in [0.1, 0.15) is 5.58 Å². The number of esters is 1. The first-order valence-electron chi connectivity index (χ1n) is 7.14. The Kier molecular flexibility index (Phi) is 4.49. The van der Waals surface area contributed by atoms with Gasteiger partial charge in [-0.2, -0.15) is 0 Å². The van der Waals surface area contributed by atoms with Gasteiger partial charge < -0.3 is 9.15 Å². The quantitative estimate of drug-likeness (QED) is 0.496. The van der Waals surface area contributed by atoms with E-state index in [9.17, 15) is 4.79 Å². The standard InChI is InChI=1S/C18H16O3S/c1-2-20-18(19)15-9-5-3-8-14(15)12-22-17-11-13-7-4-6-10-16(13)21-17/h3-11H,2,12H2,1H3. The Morgan fingerprint density at radius 2 is 1.91 bits per heavy atom. The summed E-state index contributed by atoms with van der Waals surface area (Å²) in [5, 5.41) is 1.93. The molecular weight excluding hydrogens is 296 g/mol. The highest BCUT2D eigenvalue weighted by atomic mass is 32.2. The van der Waals surface area contributed by atoms with Crippen molar-refractivity contribution >= 4 is 28.7 Å². The summed E-state index contributed by atoms with van der Waals surface area (Å²) >= 11 is 1.57. The van der Waals surface area contributed by atoms with Crippen LogP contribution in [0.1, 0.15) is 22.8 Å². The molecule has 0 radical (unpaired) electrons. The van der Waals surface area contributed by atoms with Gasteiger partial charge in [-0.15, -0.1) is 0 Å². The van der Waals surface area contributed by atoms with Crippen LogP contribution in [0.25, 0.3) is 11.0 Å². The van der Waals surface area contributed by atoms with Gasteiger partial charge in [-0.3, -0.25) is 0 Å². The van der Waals surface area contributed by atoms with Gasteiger partial charge in [0.15, 0.2) is 5.09 Å². The van der Waals surface area contributed by atoms with Crippen LogP contribution in [-0.2, 0) is 10.5 Å². The van der Waals surface area contributed by atoms with Crippen molar-refractivity contribution in [3.63, 3.8) is 0 Å². The van der Waals surface area contributed by atoms with Crippen LogP contribution in [0.4, 0.5) is 0 Å². The van der Waals surface area contributed by atoms with E-state index in [1.54, 1.807) is 17.8 Å². The molecule has 0 unspecified atom stereocenters. The Hall–Kier alpha value is -2.20. The largest absolute Gasteiger partial charge is 0.462 e. The maximum atomic E-state index is 12.0. The molecular formula is C18H16O3S. The number of thioether (sulfide) groups is 1. The van der Waals surface area contributed by atoms with Crippen LogP contribution in [-0.4, -0.2) is 12.6 Å². The number of benzene rings is 2. The third kappa shape index (κ3) is 3.17. The lowest BCUT2D eigenvalue weighted by atomic mass is 10.1. The highest BCUT2D eigenvalue weighted by molar-refractivity contribution is 7.98. The zero-order valence-electron chi connectivity index (χ0n) is 12.2. The van der Waals surface area contributed by atoms with Crippen molar-refractivity contribution in [1.82, 2.24) is 0 Å². The summed E-state index contributed by atoms with van der Waals surface area (Å²) in [5.41, 5.74) is 2.45. The third-order valence-electron chi connectivity index (χ3n) is 3.29. The minimum Gasteiger partial charge on any atom is -0.462 e. The molecule has 0 atom stereocenters. The second kappa shape index (κ2) is 6.71. The topological polar surface area (TPSA) is 39.4 Å². The average molecular weight is 312 g/mol. The molecule has 0 aliphatic carbocycles. The summed E-state index contributed by atoms with van der Waals surface area (Å²) in [7, 11) is 0. The minimum atomic E-state index is -0.275. The molecule has 3 nitrogen and oxygen atoms in total. The third-order valence-corrected chi connectivity index (χ3v) is 4.23. The molecule has 0 saturated heterocycles. The molecule has 3 aromatic rings. The van der Waals surface area contributed by atoms with Gasteiger partial charge in [0.25, 0.3) is 0 Å². The van der Waals surface area contributed by atoms with Crippen molar-refractivity contribution in [2.24, 2.45) is 0 Å². The average Bonchev–Trinajstić information content (AvgIpc) is 2.96. The Balaban J connectivity index is 1.77. The molecule has 0 aliphatic heterocycles. The van der Waals surface area contributed by atoms with E-state index in [0.29, 0.717) is 17.9 Å². The fourth-order valence-electron chi connectivity index (χ4n) is 2.23. The molecule has 0 spiro atoms. The second-order valence-electron chi connectivity index (χ2n) is 4.77. The predicted octanol–water partition coefficient (Wildman–Crippen LogP) is 4.90. The summed E-state index contributed by atoms with van der Waals surface area (Å²) in [4.78, 5) is 12.0. The van der Waals surface area contributed by atoms with Crippen LogP contribution in [0.2, 0.25) is 0 Å². The van der Waals surface area contributed by atoms with Crippen LogP contribution < -0.4 is 0 Å². The van der Waals surface area contributed by atoms with E-state index in [2.05, 4.69) is 0 Å². The smallest absolute Gasteiger partial charge is 0.338 e. The molecule has 0 aliphatic rings. The second-order valence-corrected chi connectivity index (χ2v) is 5.75. The summed E-state index contributed by atoms with van der Waals surface area (Å²) < 4.78 is 10.9. The molecule has 1 aromatic heterocycles. The normalized spacial score (nSPS) is 10.8. The van der Waals surface area contributed by atoms with Crippen molar-refractivity contribution in [2.75, 3.05) is 6.61 Å². The summed E-state index contributed by atoms with van der Waals surface area (Å²) in [6.07, 6.45) is 0. The predicted molar refractivity (Wildman–Crippen MR) is 88.2 cm³/mol. The fourth-order valence-corrected chi connectivity index (χ4v) is 3.14. The summed E-state index contributed by atoms with van der Waals surface area (Å²) in [5.74, 6) is 0.387. The number of para-hydroxylation sites is 1. The molecule has 2 aromatic carbocycles. The molecule has 112 valence electrons. The van der Waals surface area contributed by atoms with Crippen LogP contribution in [0.3, 0.4) is 0 Å². The Morgan fingerprint density at radius 3 is 2.73 bits per heavy atom. The first-order chi connectivity index (χ1) is 10.8. The molecule has 0 N–H and O–H groups in total. The molecule has 22 heavy (non-hydrogen) atoms. The fraction of sp³-hybridized carbons (Fsp3) is 0.167. The maximum absolute atomic E-state index is 12.0. The van der Waals surface area contributed by atoms with Crippen molar-refractivity contribution in [3.8, 4) is 0 Å². The van der Waals surface area contributed by atoms with Gasteiger partial charge in [-0.25, -0.2) is 4.79 Å². The van der Waals surface area contributed by atoms with E-state index in [4.69, 9.17) is 9.15 Å². The van der Waals surface area contributed by atoms with Crippen LogP contribution >= 0.6 is 11.8 Å². The molecule has 3 rings (SSSR count). The first-order valence-corrected chi connectivity index (χ1v) is 8.13. The van der Waals surface area contributed by atoms with E-state index >= 15 is 0 Å². The van der Waals surface area contributed by atoms with Crippen molar-refractivity contribution in [2.45, 2.75) is 17.8 Å². The molecule has 1 heterocycles. The van der Waals surface area contributed by atoms with E-state index in [1.165, 1.54) is 0 Å². The summed E-state index contributed by atoms with van der Waals surface area (Å²) in [6.45, 7) is 2.19. The van der Waals surface area contributed by atoms with Crippen LogP contribution in [0, 0.1) is 0 Å². The highest BCUT2D eigenvalue weighted by Crippen LogP contribution is 2.30. The van der Waals surface area contributed by atoms with Crippen LogP contribution in [0.5, 0.6) is 0 Å². The molecule has 4 heteroatoms. The number of rotatable bonds is 5. The minimum absolute atomic E-state index is 0.275. The van der Waals surface area contributed by atoms with Crippen LogP contribution in [0.15, 0.2) is 64.1 Å². The Bertz CT molecular complexity index is 759. The van der Waals surface area contributed by atoms with E-state index in [0.717, 1.165) is 21.6 Å². The lowest BCUT2D eigenvalue weighted by molar-refractivity contribution is 0.0525. The lowest BCUT2D eigenvalue weighted by Gasteiger charge is -2.07. The number of hydrogen-bond donors (Lipinski definition) is 0. The number of carbonyl (C=O) groups excluding carboxylic acids is 1. The Morgan fingerprint density at radius 1 is 1.14 bits per heavy atom. The SMILES string of the molecule is CCOC(=O)c1ccccc1CSc1cc2ccccc2o1. The van der Waals surface area contributed by atoms with Gasteiger partial charge in [-0.1, -0.05) is 48.2 Å². The first kappa shape index (κ1) is 14.7. The van der Waals surface area contributed by atoms with E-state index in [1.807, 2.05) is 55.5 Å². The van der Waals surface area contributed by atoms with Gasteiger partial charge in [0.05, 0.1) is 12.2 Å². The number of fused-ring (bicyclic) bond motifs is 1. The number of carbonyl (C=O) groups is 1. The molecule has 0 fully saturated rings. The number of furan rings is 1. The summed E-state index contributed by atoms with van der Waals surface area (Å²) in [6, 6.07) is 17.5. The molecule has 0 amide bonds. The zero-order valence-corrected chi connectivity index (χ0v) is 13.1. The maximum Gasteiger partial charge on any atom is 0.338 e. The monoisotopic (exact) mass is 312 g/mol. The Labute approximate surface area is 133 Å². The number of ether oxygens (including phenoxy) is 1. The van der Waals surface area contributed by atoms with Gasteiger partial charge in [0, 0.05) is 11.1 Å².